The van der Waals surface area contributed by atoms with Gasteiger partial charge in [0.15, 0.2) is 11.5 Å². The zero-order chi connectivity index (χ0) is 20.9. The number of H-pyrrole nitrogens is 1. The molecule has 3 aliphatic rings. The minimum absolute atomic E-state index is 0.107. The van der Waals surface area contributed by atoms with Crippen LogP contribution in [0.1, 0.15) is 54.0 Å². The number of carbonyl (C=O) groups excluding carboxylic acids is 1. The van der Waals surface area contributed by atoms with Gasteiger partial charge < -0.3 is 15.0 Å². The molecule has 5 rings (SSSR count). The second-order valence-corrected chi connectivity index (χ2v) is 8.68. The van der Waals surface area contributed by atoms with Crippen molar-refractivity contribution in [2.24, 2.45) is 5.92 Å². The molecule has 30 heavy (non-hydrogen) atoms. The number of aromatic amines is 1. The number of halogens is 2. The highest BCUT2D eigenvalue weighted by molar-refractivity contribution is 5.93. The number of nitrogens with zero attached hydrogens (tertiary/aromatic N) is 4. The van der Waals surface area contributed by atoms with E-state index in [9.17, 15) is 13.6 Å². The van der Waals surface area contributed by atoms with Gasteiger partial charge in [-0.1, -0.05) is 0 Å². The van der Waals surface area contributed by atoms with Crippen molar-refractivity contribution in [1.29, 1.82) is 0 Å². The Hall–Kier alpha value is -2.78. The van der Waals surface area contributed by atoms with E-state index in [1.165, 1.54) is 11.1 Å². The molecular weight excluding hydrogens is 394 g/mol. The molecule has 3 fully saturated rings. The molecular formula is C20H24F2N6O2. The Morgan fingerprint density at radius 1 is 1.37 bits per heavy atom. The van der Waals surface area contributed by atoms with Crippen molar-refractivity contribution in [3.05, 3.63) is 29.3 Å². The minimum Gasteiger partial charge on any atom is -0.475 e. The molecule has 160 valence electrons. The van der Waals surface area contributed by atoms with Gasteiger partial charge in [-0.25, -0.2) is 18.7 Å². The summed E-state index contributed by atoms with van der Waals surface area (Å²) < 4.78 is 32.4. The zero-order valence-electron chi connectivity index (χ0n) is 16.8. The Morgan fingerprint density at radius 2 is 2.13 bits per heavy atom. The number of ether oxygens (including phenoxy) is 1. The van der Waals surface area contributed by atoms with Gasteiger partial charge in [0.05, 0.1) is 37.1 Å². The lowest BCUT2D eigenvalue weighted by atomic mass is 9.74. The van der Waals surface area contributed by atoms with E-state index in [0.29, 0.717) is 12.5 Å². The summed E-state index contributed by atoms with van der Waals surface area (Å²) in [5.41, 5.74) is 1.32. The average molecular weight is 418 g/mol. The van der Waals surface area contributed by atoms with Crippen LogP contribution in [0.3, 0.4) is 0 Å². The summed E-state index contributed by atoms with van der Waals surface area (Å²) in [4.78, 5) is 23.0. The number of aryl methyl sites for hydroxylation is 1. The Bertz CT molecular complexity index is 962. The van der Waals surface area contributed by atoms with E-state index in [1.54, 1.807) is 0 Å². The Morgan fingerprint density at radius 3 is 2.70 bits per heavy atom. The molecule has 8 nitrogen and oxygen atoms in total. The molecule has 0 aromatic carbocycles. The fourth-order valence-electron chi connectivity index (χ4n) is 3.85. The van der Waals surface area contributed by atoms with Gasteiger partial charge in [-0.15, -0.1) is 0 Å². The number of hydrogen-bond acceptors (Lipinski definition) is 6. The third-order valence-corrected chi connectivity index (χ3v) is 6.01. The normalized spacial score (nSPS) is 21.5. The highest BCUT2D eigenvalue weighted by atomic mass is 19.3. The Kier molecular flexibility index (Phi) is 4.41. The predicted octanol–water partition coefficient (Wildman–Crippen LogP) is 2.56. The van der Waals surface area contributed by atoms with Crippen LogP contribution in [0.5, 0.6) is 5.88 Å². The van der Waals surface area contributed by atoms with Gasteiger partial charge in [0.2, 0.25) is 0 Å². The summed E-state index contributed by atoms with van der Waals surface area (Å²) in [5.74, 6) is -2.25. The van der Waals surface area contributed by atoms with Crippen LogP contribution in [0.2, 0.25) is 0 Å². The number of anilines is 1. The van der Waals surface area contributed by atoms with Gasteiger partial charge in [0, 0.05) is 5.69 Å². The van der Waals surface area contributed by atoms with Crippen molar-refractivity contribution in [2.75, 3.05) is 24.6 Å². The highest BCUT2D eigenvalue weighted by Gasteiger charge is 2.46. The highest BCUT2D eigenvalue weighted by Crippen LogP contribution is 2.41. The second-order valence-electron chi connectivity index (χ2n) is 8.68. The number of carbonyl (C=O) groups is 1. The molecule has 2 aliphatic carbocycles. The molecule has 1 saturated heterocycles. The van der Waals surface area contributed by atoms with E-state index in [-0.39, 0.29) is 23.3 Å². The molecule has 0 bridgehead atoms. The third kappa shape index (κ3) is 3.59. The molecule has 0 atom stereocenters. The molecule has 3 heterocycles. The Balaban J connectivity index is 1.36. The number of aromatic nitrogens is 4. The smallest absolute Gasteiger partial charge is 0.282 e. The van der Waals surface area contributed by atoms with Gasteiger partial charge in [-0.3, -0.25) is 9.89 Å². The topological polar surface area (TPSA) is 96.0 Å². The van der Waals surface area contributed by atoms with Crippen LogP contribution in [0.25, 0.3) is 0 Å². The number of amides is 1. The van der Waals surface area contributed by atoms with Crippen molar-refractivity contribution in [2.45, 2.75) is 50.5 Å². The first-order chi connectivity index (χ1) is 14.3. The monoisotopic (exact) mass is 418 g/mol. The lowest BCUT2D eigenvalue weighted by Gasteiger charge is -2.41. The van der Waals surface area contributed by atoms with Gasteiger partial charge in [-0.2, -0.15) is 5.10 Å². The fraction of sp³-hybridized carbons (Fsp3) is 0.600. The molecule has 1 amide bonds. The van der Waals surface area contributed by atoms with E-state index >= 15 is 0 Å². The van der Waals surface area contributed by atoms with Gasteiger partial charge in [0.25, 0.3) is 17.7 Å². The van der Waals surface area contributed by atoms with Crippen LogP contribution in [0, 0.1) is 12.8 Å². The number of alkyl halides is 2. The van der Waals surface area contributed by atoms with E-state index in [0.717, 1.165) is 43.5 Å². The molecule has 2 N–H and O–H groups in total. The molecule has 0 unspecified atom stereocenters. The van der Waals surface area contributed by atoms with Crippen LogP contribution >= 0.6 is 0 Å². The predicted molar refractivity (Wildman–Crippen MR) is 104 cm³/mol. The molecule has 2 saturated carbocycles. The first kappa shape index (κ1) is 19.2. The van der Waals surface area contributed by atoms with E-state index in [4.69, 9.17) is 4.74 Å². The zero-order valence-corrected chi connectivity index (χ0v) is 16.8. The van der Waals surface area contributed by atoms with Crippen LogP contribution in [0.15, 0.2) is 12.3 Å². The number of rotatable bonds is 7. The number of nitrogens with one attached hydrogen (secondary N) is 2. The van der Waals surface area contributed by atoms with E-state index in [1.807, 2.05) is 13.0 Å². The van der Waals surface area contributed by atoms with Crippen LogP contribution < -0.4 is 15.0 Å². The maximum Gasteiger partial charge on any atom is 0.282 e. The Labute approximate surface area is 172 Å². The average Bonchev–Trinajstić information content (AvgIpc) is 3.39. The standard InChI is InChI=1S/C20H24F2N6O2/c1-12-7-15(27-26-12)19(5-2-6-19)25-17(29)14-8-23-16(28-10-20(21,22)11-28)18(24-14)30-9-13-3-4-13/h7-8,13H,2-6,9-11H2,1H3,(H,25,29)(H,26,27). The van der Waals surface area contributed by atoms with E-state index < -0.39 is 24.6 Å². The largest absolute Gasteiger partial charge is 0.475 e. The summed E-state index contributed by atoms with van der Waals surface area (Å²) in [7, 11) is 0. The van der Waals surface area contributed by atoms with Crippen molar-refractivity contribution < 1.29 is 18.3 Å². The first-order valence-corrected chi connectivity index (χ1v) is 10.3. The van der Waals surface area contributed by atoms with Crippen molar-refractivity contribution >= 4 is 11.7 Å². The molecule has 1 aliphatic heterocycles. The summed E-state index contributed by atoms with van der Waals surface area (Å²) in [5, 5.41) is 10.3. The quantitative estimate of drug-likeness (QED) is 0.718. The number of hydrogen-bond donors (Lipinski definition) is 2. The SMILES string of the molecule is Cc1cc(C2(NC(=O)c3cnc(N4CC(F)(F)C4)c(OCC4CC4)n3)CCC2)n[nH]1. The van der Waals surface area contributed by atoms with Crippen LogP contribution in [-0.2, 0) is 5.54 Å². The first-order valence-electron chi connectivity index (χ1n) is 10.3. The maximum atomic E-state index is 13.3. The summed E-state index contributed by atoms with van der Waals surface area (Å²) in [6.45, 7) is 1.52. The molecule has 2 aromatic rings. The summed E-state index contributed by atoms with van der Waals surface area (Å²) in [6.07, 6.45) is 6.07. The van der Waals surface area contributed by atoms with Gasteiger partial charge in [0.1, 0.15) is 0 Å². The van der Waals surface area contributed by atoms with Crippen LogP contribution in [-0.4, -0.2) is 51.7 Å². The van der Waals surface area contributed by atoms with Gasteiger partial charge in [-0.05, 0) is 51.0 Å². The van der Waals surface area contributed by atoms with Gasteiger partial charge >= 0.3 is 0 Å². The summed E-state index contributed by atoms with van der Waals surface area (Å²) >= 11 is 0. The van der Waals surface area contributed by atoms with Crippen molar-refractivity contribution in [3.63, 3.8) is 0 Å². The molecule has 10 heteroatoms. The van der Waals surface area contributed by atoms with Crippen molar-refractivity contribution in [1.82, 2.24) is 25.5 Å². The van der Waals surface area contributed by atoms with E-state index in [2.05, 4.69) is 25.5 Å². The lowest BCUT2D eigenvalue weighted by Crippen LogP contribution is -2.56. The maximum absolute atomic E-state index is 13.3. The lowest BCUT2D eigenvalue weighted by molar-refractivity contribution is -0.0270. The fourth-order valence-corrected chi connectivity index (χ4v) is 3.85. The third-order valence-electron chi connectivity index (χ3n) is 6.01. The second kappa shape index (κ2) is 6.88. The minimum atomic E-state index is -2.73. The molecule has 0 radical (unpaired) electrons. The molecule has 2 aromatic heterocycles. The van der Waals surface area contributed by atoms with Crippen LogP contribution in [0.4, 0.5) is 14.6 Å². The van der Waals surface area contributed by atoms with Crippen molar-refractivity contribution in [3.8, 4) is 5.88 Å². The summed E-state index contributed by atoms with van der Waals surface area (Å²) in [6, 6.07) is 1.93. The molecule has 0 spiro atoms.